The average Bonchev–Trinajstić information content (AvgIpc) is 2.49. The SMILES string of the molecule is CSc1ccc(Nc2nc3ccccc3nc2N)cc1. The number of nitrogen functional groups attached to an aromatic ring is 1. The van der Waals surface area contributed by atoms with Crippen LogP contribution in [0.4, 0.5) is 17.3 Å². The topological polar surface area (TPSA) is 63.8 Å². The quantitative estimate of drug-likeness (QED) is 0.717. The third-order valence-corrected chi connectivity index (χ3v) is 3.69. The zero-order valence-corrected chi connectivity index (χ0v) is 11.8. The molecule has 0 amide bonds. The number of benzene rings is 2. The molecule has 3 N–H and O–H groups in total. The van der Waals surface area contributed by atoms with E-state index in [1.54, 1.807) is 11.8 Å². The highest BCUT2D eigenvalue weighted by Gasteiger charge is 2.05. The van der Waals surface area contributed by atoms with Crippen LogP contribution in [0.1, 0.15) is 0 Å². The van der Waals surface area contributed by atoms with Gasteiger partial charge in [0.1, 0.15) is 0 Å². The monoisotopic (exact) mass is 282 g/mol. The Hall–Kier alpha value is -2.27. The van der Waals surface area contributed by atoms with E-state index in [-0.39, 0.29) is 0 Å². The van der Waals surface area contributed by atoms with Crippen molar-refractivity contribution in [1.82, 2.24) is 9.97 Å². The minimum Gasteiger partial charge on any atom is -0.381 e. The number of fused-ring (bicyclic) bond motifs is 1. The van der Waals surface area contributed by atoms with Crippen LogP contribution in [-0.4, -0.2) is 16.2 Å². The van der Waals surface area contributed by atoms with Crippen LogP contribution in [0, 0.1) is 0 Å². The lowest BCUT2D eigenvalue weighted by atomic mass is 10.3. The van der Waals surface area contributed by atoms with Gasteiger partial charge in [0.15, 0.2) is 11.6 Å². The number of anilines is 3. The third kappa shape index (κ3) is 2.53. The Balaban J connectivity index is 1.94. The minimum atomic E-state index is 0.401. The van der Waals surface area contributed by atoms with Crippen LogP contribution >= 0.6 is 11.8 Å². The lowest BCUT2D eigenvalue weighted by molar-refractivity contribution is 1.28. The lowest BCUT2D eigenvalue weighted by Gasteiger charge is -2.09. The van der Waals surface area contributed by atoms with E-state index in [2.05, 4.69) is 33.7 Å². The van der Waals surface area contributed by atoms with Gasteiger partial charge in [-0.05, 0) is 42.7 Å². The number of hydrogen-bond acceptors (Lipinski definition) is 5. The van der Waals surface area contributed by atoms with E-state index in [4.69, 9.17) is 5.73 Å². The summed E-state index contributed by atoms with van der Waals surface area (Å²) in [5.41, 5.74) is 8.52. The molecular formula is C15H14N4S. The predicted molar refractivity (Wildman–Crippen MR) is 85.5 cm³/mol. The van der Waals surface area contributed by atoms with Crippen molar-refractivity contribution >= 4 is 40.1 Å². The summed E-state index contributed by atoms with van der Waals surface area (Å²) in [6, 6.07) is 15.8. The molecule has 0 fully saturated rings. The number of thioether (sulfide) groups is 1. The predicted octanol–water partition coefficient (Wildman–Crippen LogP) is 3.68. The molecule has 3 aromatic rings. The number of hydrogen-bond donors (Lipinski definition) is 2. The van der Waals surface area contributed by atoms with Crippen molar-refractivity contribution in [1.29, 1.82) is 0 Å². The molecule has 0 aliphatic rings. The molecule has 3 rings (SSSR count). The Kier molecular flexibility index (Phi) is 3.43. The van der Waals surface area contributed by atoms with Crippen LogP contribution in [0.15, 0.2) is 53.4 Å². The average molecular weight is 282 g/mol. The van der Waals surface area contributed by atoms with Crippen LogP contribution < -0.4 is 11.1 Å². The fourth-order valence-corrected chi connectivity index (χ4v) is 2.32. The Morgan fingerprint density at radius 1 is 0.950 bits per heavy atom. The molecule has 0 saturated carbocycles. The second-order valence-electron chi connectivity index (χ2n) is 4.30. The normalized spacial score (nSPS) is 10.7. The van der Waals surface area contributed by atoms with Crippen molar-refractivity contribution in [2.24, 2.45) is 0 Å². The van der Waals surface area contributed by atoms with Gasteiger partial charge >= 0.3 is 0 Å². The van der Waals surface area contributed by atoms with E-state index in [1.807, 2.05) is 36.4 Å². The molecule has 5 heteroatoms. The summed E-state index contributed by atoms with van der Waals surface area (Å²) in [5.74, 6) is 0.984. The van der Waals surface area contributed by atoms with Crippen molar-refractivity contribution in [3.05, 3.63) is 48.5 Å². The molecule has 100 valence electrons. The maximum atomic E-state index is 5.95. The van der Waals surface area contributed by atoms with Crippen LogP contribution in [0.25, 0.3) is 11.0 Å². The number of nitrogens with one attached hydrogen (secondary N) is 1. The summed E-state index contributed by atoms with van der Waals surface area (Å²) in [7, 11) is 0. The molecular weight excluding hydrogens is 268 g/mol. The molecule has 0 aliphatic heterocycles. The number of nitrogens with zero attached hydrogens (tertiary/aromatic N) is 2. The zero-order valence-electron chi connectivity index (χ0n) is 11.0. The van der Waals surface area contributed by atoms with Gasteiger partial charge < -0.3 is 11.1 Å². The molecule has 4 nitrogen and oxygen atoms in total. The minimum absolute atomic E-state index is 0.401. The first-order valence-corrected chi connectivity index (χ1v) is 7.42. The van der Waals surface area contributed by atoms with Gasteiger partial charge in [-0.2, -0.15) is 0 Å². The standard InChI is InChI=1S/C15H14N4S/c1-20-11-8-6-10(7-9-11)17-15-14(16)18-12-4-2-3-5-13(12)19-15/h2-9H,1H3,(H2,16,18)(H,17,19). The summed E-state index contributed by atoms with van der Waals surface area (Å²) in [6.45, 7) is 0. The molecule has 2 aromatic carbocycles. The highest BCUT2D eigenvalue weighted by molar-refractivity contribution is 7.98. The smallest absolute Gasteiger partial charge is 0.174 e. The molecule has 0 radical (unpaired) electrons. The van der Waals surface area contributed by atoms with Gasteiger partial charge in [0.25, 0.3) is 0 Å². The summed E-state index contributed by atoms with van der Waals surface area (Å²) in [6.07, 6.45) is 2.05. The molecule has 1 aromatic heterocycles. The van der Waals surface area contributed by atoms with Crippen molar-refractivity contribution in [2.75, 3.05) is 17.3 Å². The largest absolute Gasteiger partial charge is 0.381 e. The Morgan fingerprint density at radius 3 is 2.25 bits per heavy atom. The van der Waals surface area contributed by atoms with Gasteiger partial charge in [0.05, 0.1) is 11.0 Å². The Labute approximate surface area is 121 Å². The first-order chi connectivity index (χ1) is 9.76. The number of nitrogens with two attached hydrogens (primary N) is 1. The first kappa shape index (κ1) is 12.7. The molecule has 0 aliphatic carbocycles. The van der Waals surface area contributed by atoms with Crippen LogP contribution in [0.2, 0.25) is 0 Å². The summed E-state index contributed by atoms with van der Waals surface area (Å²) in [5, 5.41) is 3.21. The van der Waals surface area contributed by atoms with E-state index in [1.165, 1.54) is 4.90 Å². The zero-order chi connectivity index (χ0) is 13.9. The number of aromatic nitrogens is 2. The summed E-state index contributed by atoms with van der Waals surface area (Å²) >= 11 is 1.71. The molecule has 0 bridgehead atoms. The van der Waals surface area contributed by atoms with Crippen LogP contribution in [0.3, 0.4) is 0 Å². The van der Waals surface area contributed by atoms with E-state index >= 15 is 0 Å². The molecule has 1 heterocycles. The highest BCUT2D eigenvalue weighted by Crippen LogP contribution is 2.24. The first-order valence-electron chi connectivity index (χ1n) is 6.19. The highest BCUT2D eigenvalue weighted by atomic mass is 32.2. The van der Waals surface area contributed by atoms with Crippen molar-refractivity contribution < 1.29 is 0 Å². The van der Waals surface area contributed by atoms with E-state index in [9.17, 15) is 0 Å². The third-order valence-electron chi connectivity index (χ3n) is 2.95. The van der Waals surface area contributed by atoms with Gasteiger partial charge in [-0.3, -0.25) is 0 Å². The van der Waals surface area contributed by atoms with Gasteiger partial charge in [0.2, 0.25) is 0 Å². The van der Waals surface area contributed by atoms with Gasteiger partial charge in [-0.25, -0.2) is 9.97 Å². The van der Waals surface area contributed by atoms with Crippen LogP contribution in [-0.2, 0) is 0 Å². The maximum absolute atomic E-state index is 5.95. The fourth-order valence-electron chi connectivity index (χ4n) is 1.92. The van der Waals surface area contributed by atoms with E-state index in [0.717, 1.165) is 16.7 Å². The van der Waals surface area contributed by atoms with E-state index < -0.39 is 0 Å². The molecule has 0 unspecified atom stereocenters. The second-order valence-corrected chi connectivity index (χ2v) is 5.18. The fraction of sp³-hybridized carbons (Fsp3) is 0.0667. The number of rotatable bonds is 3. The Bertz CT molecular complexity index is 740. The van der Waals surface area contributed by atoms with Gasteiger partial charge in [-0.15, -0.1) is 11.8 Å². The molecule has 0 spiro atoms. The maximum Gasteiger partial charge on any atom is 0.174 e. The summed E-state index contributed by atoms with van der Waals surface area (Å²) in [4.78, 5) is 10.1. The van der Waals surface area contributed by atoms with E-state index in [0.29, 0.717) is 11.6 Å². The molecule has 20 heavy (non-hydrogen) atoms. The van der Waals surface area contributed by atoms with Crippen molar-refractivity contribution in [3.8, 4) is 0 Å². The lowest BCUT2D eigenvalue weighted by Crippen LogP contribution is -2.02. The molecule has 0 atom stereocenters. The van der Waals surface area contributed by atoms with Crippen LogP contribution in [0.5, 0.6) is 0 Å². The number of para-hydroxylation sites is 2. The van der Waals surface area contributed by atoms with Crippen molar-refractivity contribution in [3.63, 3.8) is 0 Å². The van der Waals surface area contributed by atoms with Crippen molar-refractivity contribution in [2.45, 2.75) is 4.90 Å². The van der Waals surface area contributed by atoms with Gasteiger partial charge in [-0.1, -0.05) is 12.1 Å². The van der Waals surface area contributed by atoms with Gasteiger partial charge in [0, 0.05) is 10.6 Å². The Morgan fingerprint density at radius 2 is 1.60 bits per heavy atom. The second kappa shape index (κ2) is 5.38. The summed E-state index contributed by atoms with van der Waals surface area (Å²) < 4.78 is 0. The molecule has 0 saturated heterocycles.